The van der Waals surface area contributed by atoms with E-state index in [2.05, 4.69) is 17.4 Å². The van der Waals surface area contributed by atoms with E-state index in [9.17, 15) is 0 Å². The summed E-state index contributed by atoms with van der Waals surface area (Å²) < 4.78 is 5.25. The molecule has 0 saturated heterocycles. The van der Waals surface area contributed by atoms with Gasteiger partial charge in [0.2, 0.25) is 0 Å². The lowest BCUT2D eigenvalue weighted by atomic mass is 10.0. The van der Waals surface area contributed by atoms with Crippen molar-refractivity contribution in [2.45, 2.75) is 18.9 Å². The molecule has 100 valence electrons. The van der Waals surface area contributed by atoms with Gasteiger partial charge in [0.25, 0.3) is 0 Å². The van der Waals surface area contributed by atoms with E-state index in [0.717, 1.165) is 17.5 Å². The summed E-state index contributed by atoms with van der Waals surface area (Å²) in [5, 5.41) is 12.9. The van der Waals surface area contributed by atoms with Gasteiger partial charge in [-0.15, -0.1) is 0 Å². The number of rotatable bonds is 8. The van der Waals surface area contributed by atoms with E-state index in [1.807, 2.05) is 12.1 Å². The SMILES string of the molecule is OCCOCCNC(c1ccc(Cl)cc1)C1CC1. The Morgan fingerprint density at radius 3 is 2.61 bits per heavy atom. The highest BCUT2D eigenvalue weighted by atomic mass is 35.5. The molecule has 1 aromatic rings. The van der Waals surface area contributed by atoms with Crippen LogP contribution in [0.4, 0.5) is 0 Å². The third-order valence-electron chi connectivity index (χ3n) is 3.17. The standard InChI is InChI=1S/C14H20ClNO2/c15-13-5-3-12(4-6-13)14(11-1-2-11)16-7-9-18-10-8-17/h3-6,11,14,16-17H,1-2,7-10H2. The number of nitrogens with one attached hydrogen (secondary N) is 1. The van der Waals surface area contributed by atoms with Gasteiger partial charge >= 0.3 is 0 Å². The molecule has 0 bridgehead atoms. The molecule has 3 nitrogen and oxygen atoms in total. The van der Waals surface area contributed by atoms with Crippen LogP contribution in [0.25, 0.3) is 0 Å². The lowest BCUT2D eigenvalue weighted by Gasteiger charge is -2.19. The maximum absolute atomic E-state index is 8.62. The van der Waals surface area contributed by atoms with Crippen LogP contribution >= 0.6 is 11.6 Å². The Kier molecular flexibility index (Phi) is 5.45. The van der Waals surface area contributed by atoms with Crippen molar-refractivity contribution < 1.29 is 9.84 Å². The molecule has 2 N–H and O–H groups in total. The molecule has 1 atom stereocenters. The van der Waals surface area contributed by atoms with Crippen LogP contribution < -0.4 is 5.32 Å². The summed E-state index contributed by atoms with van der Waals surface area (Å²) in [7, 11) is 0. The van der Waals surface area contributed by atoms with Crippen molar-refractivity contribution in [1.82, 2.24) is 5.32 Å². The molecule has 0 heterocycles. The van der Waals surface area contributed by atoms with E-state index in [4.69, 9.17) is 21.4 Å². The van der Waals surface area contributed by atoms with Gasteiger partial charge in [-0.25, -0.2) is 0 Å². The number of ether oxygens (including phenoxy) is 1. The van der Waals surface area contributed by atoms with Gasteiger partial charge in [-0.3, -0.25) is 0 Å². The van der Waals surface area contributed by atoms with Gasteiger partial charge in [-0.2, -0.15) is 0 Å². The van der Waals surface area contributed by atoms with Crippen molar-refractivity contribution in [1.29, 1.82) is 0 Å². The molecule has 0 amide bonds. The zero-order valence-electron chi connectivity index (χ0n) is 10.4. The fourth-order valence-electron chi connectivity index (χ4n) is 2.11. The fraction of sp³-hybridized carbons (Fsp3) is 0.571. The molecule has 1 fully saturated rings. The predicted octanol–water partition coefficient (Wildman–Crippen LogP) is 2.39. The quantitative estimate of drug-likeness (QED) is 0.712. The van der Waals surface area contributed by atoms with Crippen LogP contribution in [0.2, 0.25) is 5.02 Å². The Morgan fingerprint density at radius 1 is 1.28 bits per heavy atom. The smallest absolute Gasteiger partial charge is 0.0698 e. The van der Waals surface area contributed by atoms with Gasteiger partial charge in [0.15, 0.2) is 0 Å². The number of benzene rings is 1. The number of aliphatic hydroxyl groups excluding tert-OH is 1. The minimum Gasteiger partial charge on any atom is -0.394 e. The molecular weight excluding hydrogens is 250 g/mol. The van der Waals surface area contributed by atoms with Crippen LogP contribution in [0.3, 0.4) is 0 Å². The largest absolute Gasteiger partial charge is 0.394 e. The molecule has 0 spiro atoms. The predicted molar refractivity (Wildman–Crippen MR) is 72.8 cm³/mol. The van der Waals surface area contributed by atoms with E-state index < -0.39 is 0 Å². The van der Waals surface area contributed by atoms with Crippen molar-refractivity contribution in [3.63, 3.8) is 0 Å². The monoisotopic (exact) mass is 269 g/mol. The van der Waals surface area contributed by atoms with E-state index in [0.29, 0.717) is 19.3 Å². The highest BCUT2D eigenvalue weighted by Gasteiger charge is 2.31. The van der Waals surface area contributed by atoms with Gasteiger partial charge in [-0.05, 0) is 36.5 Å². The molecule has 1 aromatic carbocycles. The summed E-state index contributed by atoms with van der Waals surface area (Å²) in [6.45, 7) is 1.95. The average Bonchev–Trinajstić information content (AvgIpc) is 3.20. The Balaban J connectivity index is 1.82. The zero-order valence-corrected chi connectivity index (χ0v) is 11.2. The molecule has 2 rings (SSSR count). The summed E-state index contributed by atoms with van der Waals surface area (Å²) in [5.41, 5.74) is 1.30. The van der Waals surface area contributed by atoms with Gasteiger partial charge in [-0.1, -0.05) is 23.7 Å². The van der Waals surface area contributed by atoms with Crippen LogP contribution in [0.1, 0.15) is 24.4 Å². The molecule has 1 aliphatic carbocycles. The van der Waals surface area contributed by atoms with Crippen LogP contribution in [0, 0.1) is 5.92 Å². The van der Waals surface area contributed by atoms with Crippen LogP contribution in [0.15, 0.2) is 24.3 Å². The maximum atomic E-state index is 8.62. The molecule has 0 aromatic heterocycles. The lowest BCUT2D eigenvalue weighted by molar-refractivity contribution is 0.0922. The summed E-state index contributed by atoms with van der Waals surface area (Å²) in [4.78, 5) is 0. The second kappa shape index (κ2) is 7.10. The molecular formula is C14H20ClNO2. The molecule has 0 aliphatic heterocycles. The van der Waals surface area contributed by atoms with E-state index in [1.165, 1.54) is 18.4 Å². The Bertz CT molecular complexity index is 351. The van der Waals surface area contributed by atoms with Crippen molar-refractivity contribution >= 4 is 11.6 Å². The van der Waals surface area contributed by atoms with E-state index >= 15 is 0 Å². The average molecular weight is 270 g/mol. The first-order chi connectivity index (χ1) is 8.81. The number of halogens is 1. The van der Waals surface area contributed by atoms with Crippen molar-refractivity contribution in [2.24, 2.45) is 5.92 Å². The van der Waals surface area contributed by atoms with Gasteiger partial charge in [0.1, 0.15) is 0 Å². The third kappa shape index (κ3) is 4.25. The first-order valence-electron chi connectivity index (χ1n) is 6.48. The highest BCUT2D eigenvalue weighted by Crippen LogP contribution is 2.41. The van der Waals surface area contributed by atoms with Crippen molar-refractivity contribution in [3.05, 3.63) is 34.9 Å². The molecule has 1 aliphatic rings. The number of hydrogen-bond donors (Lipinski definition) is 2. The molecule has 18 heavy (non-hydrogen) atoms. The summed E-state index contributed by atoms with van der Waals surface area (Å²) >= 11 is 5.91. The zero-order chi connectivity index (χ0) is 12.8. The maximum Gasteiger partial charge on any atom is 0.0698 e. The second-order valence-electron chi connectivity index (χ2n) is 4.66. The fourth-order valence-corrected chi connectivity index (χ4v) is 2.24. The topological polar surface area (TPSA) is 41.5 Å². The molecule has 4 heteroatoms. The number of aliphatic hydroxyl groups is 1. The Morgan fingerprint density at radius 2 is 2.00 bits per heavy atom. The van der Waals surface area contributed by atoms with Crippen molar-refractivity contribution in [2.75, 3.05) is 26.4 Å². The first-order valence-corrected chi connectivity index (χ1v) is 6.86. The third-order valence-corrected chi connectivity index (χ3v) is 3.42. The molecule has 1 saturated carbocycles. The first kappa shape index (κ1) is 13.8. The Hall–Kier alpha value is -0.610. The van der Waals surface area contributed by atoms with E-state index in [1.54, 1.807) is 0 Å². The van der Waals surface area contributed by atoms with Gasteiger partial charge in [0, 0.05) is 17.6 Å². The Labute approximate surface area is 113 Å². The molecule has 1 unspecified atom stereocenters. The van der Waals surface area contributed by atoms with Crippen LogP contribution in [-0.2, 0) is 4.74 Å². The minimum absolute atomic E-state index is 0.0865. The summed E-state index contributed by atoms with van der Waals surface area (Å²) in [5.74, 6) is 0.740. The van der Waals surface area contributed by atoms with E-state index in [-0.39, 0.29) is 6.61 Å². The summed E-state index contributed by atoms with van der Waals surface area (Å²) in [6, 6.07) is 8.46. The number of hydrogen-bond acceptors (Lipinski definition) is 3. The van der Waals surface area contributed by atoms with Gasteiger partial charge < -0.3 is 15.2 Å². The van der Waals surface area contributed by atoms with Crippen LogP contribution in [0.5, 0.6) is 0 Å². The summed E-state index contributed by atoms with van der Waals surface area (Å²) in [6.07, 6.45) is 2.58. The lowest BCUT2D eigenvalue weighted by Crippen LogP contribution is -2.27. The normalized spacial score (nSPS) is 16.8. The second-order valence-corrected chi connectivity index (χ2v) is 5.09. The van der Waals surface area contributed by atoms with Crippen LogP contribution in [-0.4, -0.2) is 31.5 Å². The highest BCUT2D eigenvalue weighted by molar-refractivity contribution is 6.30. The van der Waals surface area contributed by atoms with Crippen molar-refractivity contribution in [3.8, 4) is 0 Å². The van der Waals surface area contributed by atoms with Gasteiger partial charge in [0.05, 0.1) is 19.8 Å². The minimum atomic E-state index is 0.0865. The molecule has 0 radical (unpaired) electrons.